The smallest absolute Gasteiger partial charge is 0.188 e. The maximum atomic E-state index is 5.81. The highest BCUT2D eigenvalue weighted by atomic mass is 15.3. The van der Waals surface area contributed by atoms with Crippen LogP contribution in [0.5, 0.6) is 0 Å². The number of hydrogen-bond acceptors (Lipinski definition) is 3. The zero-order valence-corrected chi connectivity index (χ0v) is 15.6. The lowest BCUT2D eigenvalue weighted by Gasteiger charge is -2.34. The average Bonchev–Trinajstić information content (AvgIpc) is 2.62. The van der Waals surface area contributed by atoms with Gasteiger partial charge in [0.15, 0.2) is 5.96 Å². The fraction of sp³-hybridized carbons (Fsp3) is 0.550. The predicted molar refractivity (Wildman–Crippen MR) is 107 cm³/mol. The Balaban J connectivity index is 1.52. The van der Waals surface area contributed by atoms with E-state index in [1.54, 1.807) is 0 Å². The summed E-state index contributed by atoms with van der Waals surface area (Å²) in [4.78, 5) is 9.34. The van der Waals surface area contributed by atoms with Crippen LogP contribution in [0, 0.1) is 0 Å². The summed E-state index contributed by atoms with van der Waals surface area (Å²) in [6.45, 7) is 14.2. The zero-order chi connectivity index (χ0) is 17.9. The summed E-state index contributed by atoms with van der Waals surface area (Å²) in [5, 5.41) is 3.17. The average molecular weight is 344 g/mol. The minimum atomic E-state index is 0.525. The van der Waals surface area contributed by atoms with E-state index in [1.807, 2.05) is 6.92 Å². The normalized spacial score (nSPS) is 16.8. The molecule has 1 heterocycles. The summed E-state index contributed by atoms with van der Waals surface area (Å²) >= 11 is 0. The van der Waals surface area contributed by atoms with Gasteiger partial charge in [0.2, 0.25) is 0 Å². The van der Waals surface area contributed by atoms with Crippen molar-refractivity contribution in [1.82, 2.24) is 15.1 Å². The van der Waals surface area contributed by atoms with Crippen LogP contribution in [0.1, 0.15) is 25.3 Å². The van der Waals surface area contributed by atoms with Crippen molar-refractivity contribution >= 4 is 5.96 Å². The molecule has 1 aromatic rings. The molecule has 3 N–H and O–H groups in total. The molecule has 1 fully saturated rings. The van der Waals surface area contributed by atoms with Crippen LogP contribution < -0.4 is 11.1 Å². The van der Waals surface area contributed by atoms with Crippen LogP contribution in [-0.4, -0.2) is 61.6 Å². The predicted octanol–water partition coefficient (Wildman–Crippen LogP) is 2.06. The minimum Gasteiger partial charge on any atom is -0.370 e. The minimum absolute atomic E-state index is 0.525. The molecule has 138 valence electrons. The topological polar surface area (TPSA) is 56.9 Å². The Morgan fingerprint density at radius 1 is 1.12 bits per heavy atom. The lowest BCUT2D eigenvalue weighted by molar-refractivity contribution is 0.126. The molecule has 1 aliphatic rings. The maximum absolute atomic E-state index is 5.81. The van der Waals surface area contributed by atoms with Crippen LogP contribution in [0.3, 0.4) is 0 Å². The summed E-state index contributed by atoms with van der Waals surface area (Å²) in [6, 6.07) is 10.7. The van der Waals surface area contributed by atoms with Gasteiger partial charge in [-0.25, -0.2) is 4.99 Å². The van der Waals surface area contributed by atoms with E-state index < -0.39 is 0 Å². The van der Waals surface area contributed by atoms with Crippen molar-refractivity contribution in [2.45, 2.75) is 26.3 Å². The molecule has 1 aromatic carbocycles. The number of hydrogen-bond donors (Lipinski definition) is 2. The van der Waals surface area contributed by atoms with E-state index in [0.717, 1.165) is 38.2 Å². The fourth-order valence-electron chi connectivity index (χ4n) is 2.97. The first-order chi connectivity index (χ1) is 12.1. The Hall–Kier alpha value is -1.85. The van der Waals surface area contributed by atoms with Gasteiger partial charge in [-0.3, -0.25) is 4.90 Å². The Bertz CT molecular complexity index is 532. The highest BCUT2D eigenvalue weighted by Gasteiger charge is 2.16. The highest BCUT2D eigenvalue weighted by molar-refractivity contribution is 5.77. The molecule has 0 amide bonds. The molecule has 0 atom stereocenters. The van der Waals surface area contributed by atoms with Gasteiger partial charge < -0.3 is 16.0 Å². The van der Waals surface area contributed by atoms with Crippen LogP contribution in [-0.2, 0) is 6.54 Å². The maximum Gasteiger partial charge on any atom is 0.188 e. The Kier molecular flexibility index (Phi) is 8.49. The Labute approximate surface area is 152 Å². The SMILES string of the molecule is C=C(C)CN=C(N)NCCCCN1CCN(Cc2ccccc2)CC1. The summed E-state index contributed by atoms with van der Waals surface area (Å²) in [5.74, 6) is 0.525. The van der Waals surface area contributed by atoms with E-state index in [0.29, 0.717) is 12.5 Å². The van der Waals surface area contributed by atoms with Crippen molar-refractivity contribution in [3.8, 4) is 0 Å². The van der Waals surface area contributed by atoms with Crippen molar-refractivity contribution in [3.63, 3.8) is 0 Å². The number of nitrogens with one attached hydrogen (secondary N) is 1. The molecule has 0 spiro atoms. The third-order valence-corrected chi connectivity index (χ3v) is 4.44. The molecule has 5 heteroatoms. The number of benzene rings is 1. The number of aliphatic imine (C=N–C) groups is 1. The molecule has 2 rings (SSSR count). The second kappa shape index (κ2) is 10.9. The first-order valence-corrected chi connectivity index (χ1v) is 9.30. The summed E-state index contributed by atoms with van der Waals surface area (Å²) in [6.07, 6.45) is 2.31. The second-order valence-electron chi connectivity index (χ2n) is 6.90. The molecule has 0 aliphatic carbocycles. The number of nitrogens with two attached hydrogens (primary N) is 1. The van der Waals surface area contributed by atoms with Crippen LogP contribution >= 0.6 is 0 Å². The van der Waals surface area contributed by atoms with Crippen molar-refractivity contribution in [1.29, 1.82) is 0 Å². The first-order valence-electron chi connectivity index (χ1n) is 9.30. The van der Waals surface area contributed by atoms with Gasteiger partial charge in [0.25, 0.3) is 0 Å². The van der Waals surface area contributed by atoms with Gasteiger partial charge in [0, 0.05) is 39.3 Å². The number of piperazine rings is 1. The van der Waals surface area contributed by atoms with Gasteiger partial charge in [-0.15, -0.1) is 0 Å². The van der Waals surface area contributed by atoms with Crippen LogP contribution in [0.25, 0.3) is 0 Å². The molecule has 25 heavy (non-hydrogen) atoms. The van der Waals surface area contributed by atoms with Crippen LogP contribution in [0.15, 0.2) is 47.5 Å². The monoisotopic (exact) mass is 343 g/mol. The molecule has 1 aliphatic heterocycles. The number of rotatable bonds is 9. The molecule has 0 unspecified atom stereocenters. The van der Waals surface area contributed by atoms with Crippen molar-refractivity contribution < 1.29 is 0 Å². The quantitative estimate of drug-likeness (QED) is 0.312. The standard InChI is InChI=1S/C20H33N5/c1-18(2)16-23-20(21)22-10-6-7-11-24-12-14-25(15-13-24)17-19-8-4-3-5-9-19/h3-5,8-9H,1,6-7,10-17H2,2H3,(H3,21,22,23). The van der Waals surface area contributed by atoms with Crippen molar-refractivity contribution in [2.24, 2.45) is 10.7 Å². The number of guanidine groups is 1. The molecule has 0 bridgehead atoms. The Morgan fingerprint density at radius 3 is 2.48 bits per heavy atom. The van der Waals surface area contributed by atoms with Crippen LogP contribution in [0.4, 0.5) is 0 Å². The van der Waals surface area contributed by atoms with E-state index in [-0.39, 0.29) is 0 Å². The van der Waals surface area contributed by atoms with Gasteiger partial charge in [-0.05, 0) is 31.9 Å². The van der Waals surface area contributed by atoms with E-state index in [9.17, 15) is 0 Å². The van der Waals surface area contributed by atoms with E-state index in [4.69, 9.17) is 5.73 Å². The first kappa shape index (κ1) is 19.5. The molecule has 0 aromatic heterocycles. The lowest BCUT2D eigenvalue weighted by Crippen LogP contribution is -2.46. The zero-order valence-electron chi connectivity index (χ0n) is 15.6. The molecule has 5 nitrogen and oxygen atoms in total. The fourth-order valence-corrected chi connectivity index (χ4v) is 2.97. The molecule has 1 saturated heterocycles. The third-order valence-electron chi connectivity index (χ3n) is 4.44. The summed E-state index contributed by atoms with van der Waals surface area (Å²) < 4.78 is 0. The van der Waals surface area contributed by atoms with Crippen LogP contribution in [0.2, 0.25) is 0 Å². The van der Waals surface area contributed by atoms with Gasteiger partial charge >= 0.3 is 0 Å². The number of unbranched alkanes of at least 4 members (excludes halogenated alkanes) is 1. The summed E-state index contributed by atoms with van der Waals surface area (Å²) in [5.41, 5.74) is 8.24. The third kappa shape index (κ3) is 8.18. The van der Waals surface area contributed by atoms with E-state index in [2.05, 4.69) is 57.0 Å². The lowest BCUT2D eigenvalue weighted by atomic mass is 10.2. The molecular weight excluding hydrogens is 310 g/mol. The second-order valence-corrected chi connectivity index (χ2v) is 6.90. The van der Waals surface area contributed by atoms with E-state index >= 15 is 0 Å². The molecule has 0 radical (unpaired) electrons. The largest absolute Gasteiger partial charge is 0.370 e. The van der Waals surface area contributed by atoms with Crippen molar-refractivity contribution in [2.75, 3.05) is 45.8 Å². The van der Waals surface area contributed by atoms with Gasteiger partial charge in [0.1, 0.15) is 0 Å². The van der Waals surface area contributed by atoms with Gasteiger partial charge in [-0.2, -0.15) is 0 Å². The van der Waals surface area contributed by atoms with Crippen molar-refractivity contribution in [3.05, 3.63) is 48.0 Å². The highest BCUT2D eigenvalue weighted by Crippen LogP contribution is 2.08. The number of nitrogens with zero attached hydrogens (tertiary/aromatic N) is 3. The van der Waals surface area contributed by atoms with Gasteiger partial charge in [0.05, 0.1) is 6.54 Å². The molecule has 0 saturated carbocycles. The van der Waals surface area contributed by atoms with Gasteiger partial charge in [-0.1, -0.05) is 42.5 Å². The Morgan fingerprint density at radius 2 is 1.80 bits per heavy atom. The van der Waals surface area contributed by atoms with E-state index in [1.165, 1.54) is 31.6 Å². The summed E-state index contributed by atoms with van der Waals surface area (Å²) in [7, 11) is 0. The molecular formula is C20H33N5.